The lowest BCUT2D eigenvalue weighted by atomic mass is 9.86. The van der Waals surface area contributed by atoms with Crippen LogP contribution >= 0.6 is 0 Å². The van der Waals surface area contributed by atoms with E-state index in [1.54, 1.807) is 18.0 Å². The molecule has 0 aliphatic carbocycles. The Labute approximate surface area is 136 Å². The van der Waals surface area contributed by atoms with E-state index in [-0.39, 0.29) is 5.91 Å². The predicted octanol–water partition coefficient (Wildman–Crippen LogP) is 1.75. The zero-order valence-electron chi connectivity index (χ0n) is 13.9. The van der Waals surface area contributed by atoms with Crippen molar-refractivity contribution in [3.63, 3.8) is 0 Å². The highest BCUT2D eigenvalue weighted by Crippen LogP contribution is 2.34. The van der Waals surface area contributed by atoms with Crippen LogP contribution in [0.4, 0.5) is 0 Å². The van der Waals surface area contributed by atoms with Crippen molar-refractivity contribution in [2.24, 2.45) is 5.16 Å². The van der Waals surface area contributed by atoms with E-state index in [1.165, 1.54) is 0 Å². The van der Waals surface area contributed by atoms with Crippen LogP contribution in [-0.4, -0.2) is 45.3 Å². The number of aryl methyl sites for hydroxylation is 1. The molecule has 0 bridgehead atoms. The fraction of sp³-hybridized carbons (Fsp3) is 0.588. The second kappa shape index (κ2) is 5.60. The van der Waals surface area contributed by atoms with Crippen LogP contribution in [0.3, 0.4) is 0 Å². The van der Waals surface area contributed by atoms with Crippen LogP contribution in [0.5, 0.6) is 0 Å². The lowest BCUT2D eigenvalue weighted by molar-refractivity contribution is -0.157. The van der Waals surface area contributed by atoms with Gasteiger partial charge in [0.15, 0.2) is 0 Å². The molecular formula is C17H23N3O3. The van der Waals surface area contributed by atoms with Crippen molar-refractivity contribution in [2.45, 2.75) is 51.2 Å². The largest absolute Gasteiger partial charge is 0.383 e. The Morgan fingerprint density at radius 3 is 2.52 bits per heavy atom. The number of piperidine rings is 1. The van der Waals surface area contributed by atoms with Gasteiger partial charge in [0.05, 0.1) is 11.4 Å². The third kappa shape index (κ3) is 2.95. The molecule has 3 heterocycles. The van der Waals surface area contributed by atoms with E-state index < -0.39 is 11.2 Å². The van der Waals surface area contributed by atoms with Crippen LogP contribution in [0.1, 0.15) is 44.4 Å². The minimum atomic E-state index is -0.964. The molecule has 0 saturated carbocycles. The summed E-state index contributed by atoms with van der Waals surface area (Å²) >= 11 is 0. The maximum atomic E-state index is 12.7. The van der Waals surface area contributed by atoms with Crippen molar-refractivity contribution in [1.82, 2.24) is 9.88 Å². The van der Waals surface area contributed by atoms with Crippen molar-refractivity contribution in [1.29, 1.82) is 0 Å². The molecule has 0 aromatic carbocycles. The minimum absolute atomic E-state index is 0.0583. The summed E-state index contributed by atoms with van der Waals surface area (Å²) in [6.07, 6.45) is 3.24. The number of oxime groups is 1. The van der Waals surface area contributed by atoms with E-state index in [0.717, 1.165) is 11.3 Å². The number of nitrogens with zero attached hydrogens (tertiary/aromatic N) is 3. The Hall–Kier alpha value is -1.95. The zero-order valence-corrected chi connectivity index (χ0v) is 13.9. The van der Waals surface area contributed by atoms with Crippen molar-refractivity contribution in [3.8, 4) is 0 Å². The van der Waals surface area contributed by atoms with Crippen molar-refractivity contribution in [3.05, 3.63) is 29.6 Å². The molecule has 0 spiro atoms. The summed E-state index contributed by atoms with van der Waals surface area (Å²) in [6, 6.07) is 3.82. The molecule has 0 radical (unpaired) electrons. The Morgan fingerprint density at radius 1 is 1.30 bits per heavy atom. The van der Waals surface area contributed by atoms with Gasteiger partial charge in [-0.05, 0) is 45.2 Å². The first-order valence-corrected chi connectivity index (χ1v) is 7.99. The van der Waals surface area contributed by atoms with E-state index in [2.05, 4.69) is 10.1 Å². The van der Waals surface area contributed by atoms with Crippen LogP contribution in [-0.2, 0) is 15.2 Å². The Balaban J connectivity index is 1.66. The van der Waals surface area contributed by atoms with Gasteiger partial charge in [0.2, 0.25) is 5.60 Å². The minimum Gasteiger partial charge on any atom is -0.383 e. The van der Waals surface area contributed by atoms with Gasteiger partial charge in [0.1, 0.15) is 5.60 Å². The molecule has 1 amide bonds. The molecule has 1 aromatic heterocycles. The van der Waals surface area contributed by atoms with Crippen LogP contribution in [0, 0.1) is 6.92 Å². The average Bonchev–Trinajstić information content (AvgIpc) is 2.88. The fourth-order valence-electron chi connectivity index (χ4n) is 3.26. The molecule has 1 N–H and O–H groups in total. The van der Waals surface area contributed by atoms with E-state index in [0.29, 0.717) is 38.0 Å². The number of likely N-dealkylation sites (tertiary alicyclic amines) is 1. The number of pyridine rings is 1. The van der Waals surface area contributed by atoms with Gasteiger partial charge in [0.25, 0.3) is 5.91 Å². The maximum Gasteiger partial charge on any atom is 0.269 e. The van der Waals surface area contributed by atoms with Gasteiger partial charge in [-0.25, -0.2) is 0 Å². The SMILES string of the molecule is CC1=NO[C@@](C)(C(=O)N2CCC(O)(c3ccc(C)cn3)CC2)C1. The van der Waals surface area contributed by atoms with Crippen molar-refractivity contribution < 1.29 is 14.7 Å². The summed E-state index contributed by atoms with van der Waals surface area (Å²) in [5, 5.41) is 14.7. The number of aromatic nitrogens is 1. The number of amides is 1. The molecule has 0 unspecified atom stereocenters. The third-order valence-electron chi connectivity index (χ3n) is 4.71. The van der Waals surface area contributed by atoms with E-state index in [9.17, 15) is 9.90 Å². The monoisotopic (exact) mass is 317 g/mol. The number of carbonyl (C=O) groups is 1. The molecule has 2 aliphatic heterocycles. The summed E-state index contributed by atoms with van der Waals surface area (Å²) < 4.78 is 0. The summed E-state index contributed by atoms with van der Waals surface area (Å²) in [4.78, 5) is 24.1. The molecule has 1 aromatic rings. The zero-order chi connectivity index (χ0) is 16.7. The summed E-state index contributed by atoms with van der Waals surface area (Å²) in [5.41, 5.74) is 0.707. The summed E-state index contributed by atoms with van der Waals surface area (Å²) in [7, 11) is 0. The summed E-state index contributed by atoms with van der Waals surface area (Å²) in [5.74, 6) is -0.0583. The molecule has 1 saturated heterocycles. The Morgan fingerprint density at radius 2 is 2.00 bits per heavy atom. The van der Waals surface area contributed by atoms with Gasteiger partial charge in [-0.2, -0.15) is 0 Å². The van der Waals surface area contributed by atoms with E-state index >= 15 is 0 Å². The van der Waals surface area contributed by atoms with Gasteiger partial charge in [0, 0.05) is 25.7 Å². The third-order valence-corrected chi connectivity index (χ3v) is 4.71. The first-order valence-electron chi connectivity index (χ1n) is 7.99. The average molecular weight is 317 g/mol. The van der Waals surface area contributed by atoms with Crippen LogP contribution < -0.4 is 0 Å². The number of aliphatic hydroxyl groups is 1. The van der Waals surface area contributed by atoms with Crippen LogP contribution in [0.2, 0.25) is 0 Å². The van der Waals surface area contributed by atoms with Crippen LogP contribution in [0.15, 0.2) is 23.5 Å². The van der Waals surface area contributed by atoms with Crippen LogP contribution in [0.25, 0.3) is 0 Å². The fourth-order valence-corrected chi connectivity index (χ4v) is 3.26. The standard InChI is InChI=1S/C17H23N3O3/c1-12-4-5-14(18-11-12)17(22)6-8-20(9-7-17)15(21)16(3)10-13(2)19-23-16/h4-5,11,22H,6-10H2,1-3H3/t16-/m1/s1. The van der Waals surface area contributed by atoms with Crippen molar-refractivity contribution >= 4 is 11.6 Å². The Kier molecular flexibility index (Phi) is 3.88. The molecule has 6 nitrogen and oxygen atoms in total. The first kappa shape index (κ1) is 15.9. The highest BCUT2D eigenvalue weighted by atomic mass is 16.7. The predicted molar refractivity (Wildman–Crippen MR) is 85.9 cm³/mol. The van der Waals surface area contributed by atoms with Gasteiger partial charge in [-0.1, -0.05) is 11.2 Å². The lowest BCUT2D eigenvalue weighted by Crippen LogP contribution is -2.52. The number of hydrogen-bond donors (Lipinski definition) is 1. The van der Waals surface area contributed by atoms with Gasteiger partial charge < -0.3 is 14.8 Å². The molecule has 2 aliphatic rings. The Bertz CT molecular complexity index is 633. The van der Waals surface area contributed by atoms with E-state index in [1.807, 2.05) is 26.0 Å². The number of hydrogen-bond acceptors (Lipinski definition) is 5. The second-order valence-corrected chi connectivity index (χ2v) is 6.87. The topological polar surface area (TPSA) is 75.0 Å². The second-order valence-electron chi connectivity index (χ2n) is 6.87. The van der Waals surface area contributed by atoms with Gasteiger partial charge >= 0.3 is 0 Å². The molecule has 3 rings (SSSR count). The van der Waals surface area contributed by atoms with Gasteiger partial charge in [-0.3, -0.25) is 9.78 Å². The van der Waals surface area contributed by atoms with Crippen molar-refractivity contribution in [2.75, 3.05) is 13.1 Å². The molecule has 124 valence electrons. The highest BCUT2D eigenvalue weighted by Gasteiger charge is 2.46. The normalized spacial score (nSPS) is 26.6. The number of rotatable bonds is 2. The lowest BCUT2D eigenvalue weighted by Gasteiger charge is -2.39. The molecule has 6 heteroatoms. The van der Waals surface area contributed by atoms with E-state index in [4.69, 9.17) is 4.84 Å². The number of carbonyl (C=O) groups excluding carboxylic acids is 1. The quantitative estimate of drug-likeness (QED) is 0.902. The first-order chi connectivity index (χ1) is 10.8. The molecule has 23 heavy (non-hydrogen) atoms. The molecule has 1 fully saturated rings. The highest BCUT2D eigenvalue weighted by molar-refractivity contribution is 5.94. The molecular weight excluding hydrogens is 294 g/mol. The smallest absolute Gasteiger partial charge is 0.269 e. The molecule has 1 atom stereocenters. The maximum absolute atomic E-state index is 12.7. The van der Waals surface area contributed by atoms with Gasteiger partial charge in [-0.15, -0.1) is 0 Å². The summed E-state index contributed by atoms with van der Waals surface area (Å²) in [6.45, 7) is 6.58.